The standard InChI is InChI=1S/C20H24O2/c1-20(17-21,19-12-6-3-7-13-19)14-8-9-15-22-16-18-10-4-2-5-11-18/h2-7,10-13,17H,8-9,14-16H2,1H3/t20-/m1/s1. The molecule has 1 atom stereocenters. The van der Waals surface area contributed by atoms with Gasteiger partial charge in [0.25, 0.3) is 0 Å². The van der Waals surface area contributed by atoms with Gasteiger partial charge in [0.2, 0.25) is 0 Å². The van der Waals surface area contributed by atoms with Gasteiger partial charge in [0.05, 0.1) is 6.61 Å². The Morgan fingerprint density at radius 1 is 0.955 bits per heavy atom. The van der Waals surface area contributed by atoms with Gasteiger partial charge in [0.15, 0.2) is 0 Å². The third-order valence-electron chi connectivity index (χ3n) is 4.04. The number of carbonyl (C=O) groups excluding carboxylic acids is 1. The van der Waals surface area contributed by atoms with Gasteiger partial charge in [-0.3, -0.25) is 0 Å². The monoisotopic (exact) mass is 296 g/mol. The van der Waals surface area contributed by atoms with Crippen molar-refractivity contribution < 1.29 is 9.53 Å². The van der Waals surface area contributed by atoms with Gasteiger partial charge >= 0.3 is 0 Å². The summed E-state index contributed by atoms with van der Waals surface area (Å²) in [6, 6.07) is 20.2. The van der Waals surface area contributed by atoms with Crippen LogP contribution in [0.5, 0.6) is 0 Å². The summed E-state index contributed by atoms with van der Waals surface area (Å²) in [4.78, 5) is 11.5. The lowest BCUT2D eigenvalue weighted by atomic mass is 9.79. The van der Waals surface area contributed by atoms with E-state index in [0.29, 0.717) is 6.61 Å². The van der Waals surface area contributed by atoms with E-state index in [0.717, 1.165) is 37.7 Å². The van der Waals surface area contributed by atoms with E-state index in [9.17, 15) is 4.79 Å². The second-order valence-electron chi connectivity index (χ2n) is 5.90. The number of ether oxygens (including phenoxy) is 1. The molecule has 0 aliphatic rings. The molecular weight excluding hydrogens is 272 g/mol. The van der Waals surface area contributed by atoms with Crippen LogP contribution in [0.2, 0.25) is 0 Å². The van der Waals surface area contributed by atoms with E-state index in [1.165, 1.54) is 5.56 Å². The van der Waals surface area contributed by atoms with Crippen molar-refractivity contribution in [1.29, 1.82) is 0 Å². The van der Waals surface area contributed by atoms with Crippen LogP contribution < -0.4 is 0 Å². The normalized spacial score (nSPS) is 13.5. The number of benzene rings is 2. The predicted molar refractivity (Wildman–Crippen MR) is 89.8 cm³/mol. The Hall–Kier alpha value is -1.93. The van der Waals surface area contributed by atoms with Crippen molar-refractivity contribution in [1.82, 2.24) is 0 Å². The first kappa shape index (κ1) is 16.4. The maximum Gasteiger partial charge on any atom is 0.130 e. The van der Waals surface area contributed by atoms with Crippen LogP contribution in [0.4, 0.5) is 0 Å². The fourth-order valence-corrected chi connectivity index (χ4v) is 2.55. The maximum atomic E-state index is 11.5. The Morgan fingerprint density at radius 2 is 1.59 bits per heavy atom. The van der Waals surface area contributed by atoms with Crippen LogP contribution >= 0.6 is 0 Å². The van der Waals surface area contributed by atoms with E-state index in [-0.39, 0.29) is 5.41 Å². The summed E-state index contributed by atoms with van der Waals surface area (Å²) in [5.74, 6) is 0. The molecule has 2 rings (SSSR count). The summed E-state index contributed by atoms with van der Waals surface area (Å²) >= 11 is 0. The molecule has 0 fully saturated rings. The van der Waals surface area contributed by atoms with Gasteiger partial charge in [-0.15, -0.1) is 0 Å². The lowest BCUT2D eigenvalue weighted by Crippen LogP contribution is -2.23. The van der Waals surface area contributed by atoms with Crippen LogP contribution in [0.1, 0.15) is 37.3 Å². The highest BCUT2D eigenvalue weighted by Gasteiger charge is 2.24. The number of rotatable bonds is 9. The van der Waals surface area contributed by atoms with E-state index < -0.39 is 0 Å². The minimum atomic E-state index is -0.388. The van der Waals surface area contributed by atoms with Crippen molar-refractivity contribution in [3.8, 4) is 0 Å². The van der Waals surface area contributed by atoms with Crippen LogP contribution in [0, 0.1) is 0 Å². The lowest BCUT2D eigenvalue weighted by molar-refractivity contribution is -0.112. The number of aldehydes is 1. The van der Waals surface area contributed by atoms with Crippen LogP contribution in [-0.2, 0) is 21.6 Å². The van der Waals surface area contributed by atoms with Crippen molar-refractivity contribution in [2.75, 3.05) is 6.61 Å². The molecule has 0 spiro atoms. The van der Waals surface area contributed by atoms with Crippen LogP contribution in [0.3, 0.4) is 0 Å². The molecule has 0 saturated heterocycles. The second kappa shape index (κ2) is 8.50. The molecule has 0 aliphatic heterocycles. The Bertz CT molecular complexity index is 550. The van der Waals surface area contributed by atoms with E-state index >= 15 is 0 Å². The summed E-state index contributed by atoms with van der Waals surface area (Å²) < 4.78 is 5.69. The van der Waals surface area contributed by atoms with Crippen molar-refractivity contribution in [2.24, 2.45) is 0 Å². The summed E-state index contributed by atoms with van der Waals surface area (Å²) in [7, 11) is 0. The van der Waals surface area contributed by atoms with E-state index in [4.69, 9.17) is 4.74 Å². The predicted octanol–water partition coefficient (Wildman–Crippen LogP) is 4.53. The lowest BCUT2D eigenvalue weighted by Gasteiger charge is -2.23. The van der Waals surface area contributed by atoms with Crippen LogP contribution in [0.25, 0.3) is 0 Å². The highest BCUT2D eigenvalue weighted by atomic mass is 16.5. The van der Waals surface area contributed by atoms with Crippen LogP contribution in [0.15, 0.2) is 60.7 Å². The molecule has 0 aromatic heterocycles. The Balaban J connectivity index is 1.70. The highest BCUT2D eigenvalue weighted by Crippen LogP contribution is 2.27. The number of hydrogen-bond donors (Lipinski definition) is 0. The zero-order chi connectivity index (χ0) is 15.7. The SMILES string of the molecule is C[C@](C=O)(CCCCOCc1ccccc1)c1ccccc1. The topological polar surface area (TPSA) is 26.3 Å². The minimum Gasteiger partial charge on any atom is -0.377 e. The van der Waals surface area contributed by atoms with E-state index in [2.05, 4.69) is 12.1 Å². The van der Waals surface area contributed by atoms with Gasteiger partial charge in [-0.25, -0.2) is 0 Å². The van der Waals surface area contributed by atoms with Crippen molar-refractivity contribution in [2.45, 2.75) is 38.2 Å². The number of carbonyl (C=O) groups is 1. The smallest absolute Gasteiger partial charge is 0.130 e. The molecule has 0 N–H and O–H groups in total. The summed E-state index contributed by atoms with van der Waals surface area (Å²) in [6.45, 7) is 3.41. The molecule has 0 heterocycles. The Labute approximate surface area is 133 Å². The molecule has 0 unspecified atom stereocenters. The zero-order valence-corrected chi connectivity index (χ0v) is 13.2. The molecular formula is C20H24O2. The molecule has 0 aliphatic carbocycles. The molecule has 2 aromatic rings. The molecule has 116 valence electrons. The fourth-order valence-electron chi connectivity index (χ4n) is 2.55. The first-order chi connectivity index (χ1) is 10.7. The van der Waals surface area contributed by atoms with Crippen molar-refractivity contribution in [3.05, 3.63) is 71.8 Å². The average Bonchev–Trinajstić information content (AvgIpc) is 2.59. The van der Waals surface area contributed by atoms with Gasteiger partial charge in [-0.1, -0.05) is 60.7 Å². The highest BCUT2D eigenvalue weighted by molar-refractivity contribution is 5.67. The van der Waals surface area contributed by atoms with Crippen molar-refractivity contribution in [3.63, 3.8) is 0 Å². The zero-order valence-electron chi connectivity index (χ0n) is 13.2. The van der Waals surface area contributed by atoms with Gasteiger partial charge in [0.1, 0.15) is 6.29 Å². The van der Waals surface area contributed by atoms with Gasteiger partial charge < -0.3 is 9.53 Å². The summed E-state index contributed by atoms with van der Waals surface area (Å²) in [5, 5.41) is 0. The number of unbranched alkanes of at least 4 members (excludes halogenated alkanes) is 1. The van der Waals surface area contributed by atoms with Crippen LogP contribution in [-0.4, -0.2) is 12.9 Å². The molecule has 0 bridgehead atoms. The van der Waals surface area contributed by atoms with Gasteiger partial charge in [-0.2, -0.15) is 0 Å². The maximum absolute atomic E-state index is 11.5. The molecule has 2 nitrogen and oxygen atoms in total. The van der Waals surface area contributed by atoms with Crippen molar-refractivity contribution >= 4 is 6.29 Å². The fraction of sp³-hybridized carbons (Fsp3) is 0.350. The molecule has 0 saturated carbocycles. The van der Waals surface area contributed by atoms with Gasteiger partial charge in [0, 0.05) is 12.0 Å². The van der Waals surface area contributed by atoms with E-state index in [1.54, 1.807) is 0 Å². The molecule has 2 heteroatoms. The molecule has 0 radical (unpaired) electrons. The summed E-state index contributed by atoms with van der Waals surface area (Å²) in [6.07, 6.45) is 3.89. The molecule has 2 aromatic carbocycles. The Kier molecular flexibility index (Phi) is 6.35. The summed E-state index contributed by atoms with van der Waals surface area (Å²) in [5.41, 5.74) is 1.90. The Morgan fingerprint density at radius 3 is 2.23 bits per heavy atom. The third-order valence-corrected chi connectivity index (χ3v) is 4.04. The quantitative estimate of drug-likeness (QED) is 0.502. The largest absolute Gasteiger partial charge is 0.377 e. The number of hydrogen-bond acceptors (Lipinski definition) is 2. The second-order valence-corrected chi connectivity index (χ2v) is 5.90. The third kappa shape index (κ3) is 4.81. The first-order valence-electron chi connectivity index (χ1n) is 7.88. The first-order valence-corrected chi connectivity index (χ1v) is 7.88. The average molecular weight is 296 g/mol. The minimum absolute atomic E-state index is 0.388. The van der Waals surface area contributed by atoms with Gasteiger partial charge in [-0.05, 0) is 37.3 Å². The molecule has 22 heavy (non-hydrogen) atoms. The van der Waals surface area contributed by atoms with E-state index in [1.807, 2.05) is 55.5 Å². The molecule has 0 amide bonds.